The highest BCUT2D eigenvalue weighted by Crippen LogP contribution is 2.23. The molecule has 1 N–H and O–H groups in total. The van der Waals surface area contributed by atoms with E-state index in [1.165, 1.54) is 5.56 Å². The minimum atomic E-state index is -0.232. The van der Waals surface area contributed by atoms with Gasteiger partial charge in [0.05, 0.1) is 12.1 Å². The van der Waals surface area contributed by atoms with Crippen molar-refractivity contribution < 1.29 is 9.63 Å². The number of benzene rings is 1. The van der Waals surface area contributed by atoms with Crippen LogP contribution < -0.4 is 0 Å². The highest BCUT2D eigenvalue weighted by atomic mass is 16.5. The normalized spacial score (nSPS) is 21.2. The fourth-order valence-electron chi connectivity index (χ4n) is 2.56. The Balaban J connectivity index is 1.67. The van der Waals surface area contributed by atoms with Crippen molar-refractivity contribution in [3.8, 4) is 0 Å². The Morgan fingerprint density at radius 2 is 2.20 bits per heavy atom. The van der Waals surface area contributed by atoms with E-state index < -0.39 is 0 Å². The number of hydrogen-bond acceptors (Lipinski definition) is 5. The van der Waals surface area contributed by atoms with Gasteiger partial charge in [-0.3, -0.25) is 4.90 Å². The standard InChI is InChI=1S/C15H19N3O2/c1-11(18-8-7-13(19)10-18)15-16-14(17-20-15)9-12-5-3-2-4-6-12/h2-6,11,13,19H,7-10H2,1H3/t11?,13-/m1/s1. The van der Waals surface area contributed by atoms with Crippen LogP contribution in [0.15, 0.2) is 34.9 Å². The Morgan fingerprint density at radius 1 is 1.40 bits per heavy atom. The molecule has 1 unspecified atom stereocenters. The smallest absolute Gasteiger partial charge is 0.243 e. The van der Waals surface area contributed by atoms with Gasteiger partial charge >= 0.3 is 0 Å². The second kappa shape index (κ2) is 5.73. The van der Waals surface area contributed by atoms with Crippen molar-refractivity contribution in [3.05, 3.63) is 47.6 Å². The third kappa shape index (κ3) is 2.89. The molecule has 5 heteroatoms. The van der Waals surface area contributed by atoms with E-state index in [9.17, 15) is 5.11 Å². The molecule has 0 saturated carbocycles. The number of aliphatic hydroxyl groups excluding tert-OH is 1. The van der Waals surface area contributed by atoms with Gasteiger partial charge < -0.3 is 9.63 Å². The largest absolute Gasteiger partial charge is 0.392 e. The van der Waals surface area contributed by atoms with E-state index in [1.54, 1.807) is 0 Å². The molecule has 0 radical (unpaired) electrons. The molecular weight excluding hydrogens is 254 g/mol. The van der Waals surface area contributed by atoms with Gasteiger partial charge in [0.1, 0.15) is 0 Å². The number of nitrogens with zero attached hydrogens (tertiary/aromatic N) is 3. The molecule has 106 valence electrons. The maximum Gasteiger partial charge on any atom is 0.243 e. The summed E-state index contributed by atoms with van der Waals surface area (Å²) in [7, 11) is 0. The van der Waals surface area contributed by atoms with Gasteiger partial charge in [-0.05, 0) is 18.9 Å². The molecule has 1 saturated heterocycles. The molecule has 1 aromatic heterocycles. The predicted octanol–water partition coefficient (Wildman–Crippen LogP) is 1.79. The average molecular weight is 273 g/mol. The Bertz CT molecular complexity index is 555. The number of hydrogen-bond donors (Lipinski definition) is 1. The Labute approximate surface area is 118 Å². The Morgan fingerprint density at radius 3 is 2.90 bits per heavy atom. The summed E-state index contributed by atoms with van der Waals surface area (Å²) in [5.74, 6) is 1.34. The lowest BCUT2D eigenvalue weighted by molar-refractivity contribution is 0.151. The van der Waals surface area contributed by atoms with Crippen LogP contribution in [-0.4, -0.2) is 39.3 Å². The maximum atomic E-state index is 9.59. The summed E-state index contributed by atoms with van der Waals surface area (Å²) >= 11 is 0. The van der Waals surface area contributed by atoms with Crippen molar-refractivity contribution in [1.82, 2.24) is 15.0 Å². The van der Waals surface area contributed by atoms with Crippen LogP contribution in [0.1, 0.15) is 36.7 Å². The molecule has 2 heterocycles. The lowest BCUT2D eigenvalue weighted by Crippen LogP contribution is -2.25. The lowest BCUT2D eigenvalue weighted by atomic mass is 10.1. The van der Waals surface area contributed by atoms with Gasteiger partial charge in [0.2, 0.25) is 5.89 Å². The van der Waals surface area contributed by atoms with Crippen LogP contribution in [0.3, 0.4) is 0 Å². The van der Waals surface area contributed by atoms with Gasteiger partial charge in [0.25, 0.3) is 0 Å². The molecule has 2 atom stereocenters. The fourth-order valence-corrected chi connectivity index (χ4v) is 2.56. The van der Waals surface area contributed by atoms with Gasteiger partial charge in [0, 0.05) is 19.5 Å². The van der Waals surface area contributed by atoms with Crippen molar-refractivity contribution in [3.63, 3.8) is 0 Å². The summed E-state index contributed by atoms with van der Waals surface area (Å²) in [5.41, 5.74) is 1.17. The molecule has 2 aromatic rings. The van der Waals surface area contributed by atoms with Crippen molar-refractivity contribution >= 4 is 0 Å². The number of aliphatic hydroxyl groups is 1. The molecule has 1 aromatic carbocycles. The molecule has 0 amide bonds. The number of aromatic nitrogens is 2. The Hall–Kier alpha value is -1.72. The molecule has 0 bridgehead atoms. The minimum Gasteiger partial charge on any atom is -0.392 e. The highest BCUT2D eigenvalue weighted by molar-refractivity contribution is 5.18. The summed E-state index contributed by atoms with van der Waals surface area (Å²) in [4.78, 5) is 6.65. The van der Waals surface area contributed by atoms with E-state index >= 15 is 0 Å². The Kier molecular flexibility index (Phi) is 3.80. The van der Waals surface area contributed by atoms with Crippen LogP contribution in [0.2, 0.25) is 0 Å². The second-order valence-corrected chi connectivity index (χ2v) is 5.32. The molecule has 20 heavy (non-hydrogen) atoms. The molecule has 0 spiro atoms. The minimum absolute atomic E-state index is 0.0594. The molecule has 1 fully saturated rings. The summed E-state index contributed by atoms with van der Waals surface area (Å²) in [5, 5.41) is 13.6. The lowest BCUT2D eigenvalue weighted by Gasteiger charge is -2.19. The molecule has 5 nitrogen and oxygen atoms in total. The maximum absolute atomic E-state index is 9.59. The van der Waals surface area contributed by atoms with Crippen LogP contribution in [-0.2, 0) is 6.42 Å². The van der Waals surface area contributed by atoms with E-state index in [0.717, 1.165) is 13.0 Å². The fraction of sp³-hybridized carbons (Fsp3) is 0.467. The van der Waals surface area contributed by atoms with Gasteiger partial charge in [-0.1, -0.05) is 35.5 Å². The first kappa shape index (κ1) is 13.3. The van der Waals surface area contributed by atoms with Crippen LogP contribution in [0, 0.1) is 0 Å². The highest BCUT2D eigenvalue weighted by Gasteiger charge is 2.28. The number of β-amino-alcohol motifs (C(OH)–C–C–N with tert-alkyl or cyclic N) is 1. The quantitative estimate of drug-likeness (QED) is 0.920. The topological polar surface area (TPSA) is 62.4 Å². The van der Waals surface area contributed by atoms with E-state index in [0.29, 0.717) is 24.7 Å². The first-order chi connectivity index (χ1) is 9.72. The zero-order chi connectivity index (χ0) is 13.9. The summed E-state index contributed by atoms with van der Waals surface area (Å²) in [6.45, 7) is 3.59. The van der Waals surface area contributed by atoms with E-state index in [2.05, 4.69) is 27.2 Å². The molecule has 0 aliphatic carbocycles. The van der Waals surface area contributed by atoms with Crippen LogP contribution >= 0.6 is 0 Å². The second-order valence-electron chi connectivity index (χ2n) is 5.32. The third-order valence-corrected chi connectivity index (χ3v) is 3.79. The summed E-state index contributed by atoms with van der Waals surface area (Å²) in [6, 6.07) is 10.2. The average Bonchev–Trinajstić information content (AvgIpc) is 3.08. The molecule has 3 rings (SSSR count). The SMILES string of the molecule is CC(c1nc(Cc2ccccc2)no1)N1CC[C@@H](O)C1. The number of likely N-dealkylation sites (tertiary alicyclic amines) is 1. The molecular formula is C15H19N3O2. The van der Waals surface area contributed by atoms with E-state index in [4.69, 9.17) is 4.52 Å². The summed E-state index contributed by atoms with van der Waals surface area (Å²) in [6.07, 6.45) is 1.26. The van der Waals surface area contributed by atoms with Gasteiger partial charge in [-0.2, -0.15) is 4.98 Å². The van der Waals surface area contributed by atoms with Gasteiger partial charge in [0.15, 0.2) is 5.82 Å². The first-order valence-corrected chi connectivity index (χ1v) is 7.01. The predicted molar refractivity (Wildman–Crippen MR) is 74.2 cm³/mol. The van der Waals surface area contributed by atoms with Crippen molar-refractivity contribution in [1.29, 1.82) is 0 Å². The molecule has 1 aliphatic heterocycles. The van der Waals surface area contributed by atoms with Crippen molar-refractivity contribution in [2.24, 2.45) is 0 Å². The zero-order valence-corrected chi connectivity index (χ0v) is 11.6. The van der Waals surface area contributed by atoms with Gasteiger partial charge in [-0.25, -0.2) is 0 Å². The number of rotatable bonds is 4. The van der Waals surface area contributed by atoms with Crippen molar-refractivity contribution in [2.45, 2.75) is 31.9 Å². The van der Waals surface area contributed by atoms with Crippen LogP contribution in [0.5, 0.6) is 0 Å². The van der Waals surface area contributed by atoms with Gasteiger partial charge in [-0.15, -0.1) is 0 Å². The first-order valence-electron chi connectivity index (χ1n) is 7.01. The third-order valence-electron chi connectivity index (χ3n) is 3.79. The van der Waals surface area contributed by atoms with Crippen LogP contribution in [0.4, 0.5) is 0 Å². The summed E-state index contributed by atoms with van der Waals surface area (Å²) < 4.78 is 5.36. The molecule has 1 aliphatic rings. The monoisotopic (exact) mass is 273 g/mol. The van der Waals surface area contributed by atoms with E-state index in [1.807, 2.05) is 25.1 Å². The van der Waals surface area contributed by atoms with Crippen LogP contribution in [0.25, 0.3) is 0 Å². The zero-order valence-electron chi connectivity index (χ0n) is 11.6. The van der Waals surface area contributed by atoms with Crippen molar-refractivity contribution in [2.75, 3.05) is 13.1 Å². The van der Waals surface area contributed by atoms with E-state index in [-0.39, 0.29) is 12.1 Å².